The minimum atomic E-state index is -0.451. The molecule has 12 heteroatoms. The van der Waals surface area contributed by atoms with E-state index in [0.29, 0.717) is 28.6 Å². The molecule has 6 aromatic rings. The number of amides is 4. The van der Waals surface area contributed by atoms with Crippen molar-refractivity contribution in [2.24, 2.45) is 0 Å². The molecule has 0 aliphatic heterocycles. The van der Waals surface area contributed by atoms with Crippen LogP contribution in [0, 0.1) is 6.92 Å². The number of pyridine rings is 2. The average Bonchev–Trinajstić information content (AvgIpc) is 3.53. The standard InChI is InChI=1S/C38H36N8O4/c1-24-9-11-26(12-10-24)46-34(22-32(45-46)38(2,3)4)44-37(49)42-30-13-14-31(29-8-6-5-7-28(29)30)50-27-17-20-40-33(21-27)43-35(47)23-41-36(48)25-15-18-39-19-16-25/h5-22H,23H2,1-4H3,(H,41,48)(H,40,43,47)(H2,42,44,49). The van der Waals surface area contributed by atoms with Gasteiger partial charge in [0.15, 0.2) is 0 Å². The molecular weight excluding hydrogens is 632 g/mol. The second-order valence-electron chi connectivity index (χ2n) is 12.6. The molecule has 0 aliphatic carbocycles. The van der Waals surface area contributed by atoms with Gasteiger partial charge in [-0.25, -0.2) is 14.5 Å². The Kier molecular flexibility index (Phi) is 9.52. The van der Waals surface area contributed by atoms with Crippen molar-refractivity contribution in [2.45, 2.75) is 33.1 Å². The fourth-order valence-corrected chi connectivity index (χ4v) is 5.08. The quantitative estimate of drug-likeness (QED) is 0.127. The molecule has 6 rings (SSSR count). The first kappa shape index (κ1) is 33.3. The molecular formula is C38H36N8O4. The maximum absolute atomic E-state index is 13.4. The summed E-state index contributed by atoms with van der Waals surface area (Å²) >= 11 is 0. The van der Waals surface area contributed by atoms with E-state index in [4.69, 9.17) is 9.84 Å². The van der Waals surface area contributed by atoms with Crippen LogP contribution in [0.2, 0.25) is 0 Å². The maximum Gasteiger partial charge on any atom is 0.324 e. The summed E-state index contributed by atoms with van der Waals surface area (Å²) in [6.07, 6.45) is 4.51. The van der Waals surface area contributed by atoms with Gasteiger partial charge in [-0.05, 0) is 49.4 Å². The summed E-state index contributed by atoms with van der Waals surface area (Å²) in [6.45, 7) is 8.00. The first-order chi connectivity index (χ1) is 24.0. The largest absolute Gasteiger partial charge is 0.457 e. The third-order valence-corrected chi connectivity index (χ3v) is 7.71. The van der Waals surface area contributed by atoms with E-state index < -0.39 is 17.8 Å². The first-order valence-corrected chi connectivity index (χ1v) is 15.9. The van der Waals surface area contributed by atoms with E-state index in [-0.39, 0.29) is 17.8 Å². The van der Waals surface area contributed by atoms with E-state index in [1.54, 1.807) is 41.1 Å². The fourth-order valence-electron chi connectivity index (χ4n) is 5.08. The van der Waals surface area contributed by atoms with Crippen LogP contribution in [0.5, 0.6) is 11.5 Å². The number of nitrogens with one attached hydrogen (secondary N) is 4. The molecule has 0 saturated heterocycles. The third-order valence-electron chi connectivity index (χ3n) is 7.71. The van der Waals surface area contributed by atoms with Crippen LogP contribution in [0.1, 0.15) is 42.4 Å². The summed E-state index contributed by atoms with van der Waals surface area (Å²) in [4.78, 5) is 46.3. The van der Waals surface area contributed by atoms with Gasteiger partial charge in [0, 0.05) is 52.5 Å². The van der Waals surface area contributed by atoms with E-state index in [2.05, 4.69) is 52.0 Å². The summed E-state index contributed by atoms with van der Waals surface area (Å²) in [5.41, 5.74) is 3.55. The van der Waals surface area contributed by atoms with Crippen LogP contribution in [0.3, 0.4) is 0 Å². The number of anilines is 3. The zero-order chi connectivity index (χ0) is 35.3. The minimum absolute atomic E-state index is 0.228. The average molecular weight is 669 g/mol. The van der Waals surface area contributed by atoms with Gasteiger partial charge in [0.25, 0.3) is 5.91 Å². The molecule has 3 aromatic heterocycles. The second-order valence-corrected chi connectivity index (χ2v) is 12.6. The monoisotopic (exact) mass is 668 g/mol. The molecule has 12 nitrogen and oxygen atoms in total. The van der Waals surface area contributed by atoms with Crippen LogP contribution in [-0.4, -0.2) is 44.1 Å². The Labute approximate surface area is 288 Å². The van der Waals surface area contributed by atoms with Gasteiger partial charge in [-0.15, -0.1) is 0 Å². The number of hydrogen-bond acceptors (Lipinski definition) is 7. The summed E-state index contributed by atoms with van der Waals surface area (Å²) < 4.78 is 7.96. The Balaban J connectivity index is 1.15. The fraction of sp³-hybridized carbons (Fsp3) is 0.158. The van der Waals surface area contributed by atoms with Gasteiger partial charge in [0.2, 0.25) is 5.91 Å². The van der Waals surface area contributed by atoms with Crippen LogP contribution in [0.15, 0.2) is 110 Å². The van der Waals surface area contributed by atoms with Gasteiger partial charge in [0.05, 0.1) is 23.6 Å². The zero-order valence-electron chi connectivity index (χ0n) is 28.0. The van der Waals surface area contributed by atoms with Crippen molar-refractivity contribution in [3.8, 4) is 17.2 Å². The topological polar surface area (TPSA) is 152 Å². The first-order valence-electron chi connectivity index (χ1n) is 15.9. The molecule has 0 radical (unpaired) electrons. The highest BCUT2D eigenvalue weighted by atomic mass is 16.5. The Morgan fingerprint density at radius 1 is 0.800 bits per heavy atom. The van der Waals surface area contributed by atoms with Gasteiger partial charge >= 0.3 is 6.03 Å². The smallest absolute Gasteiger partial charge is 0.324 e. The van der Waals surface area contributed by atoms with Gasteiger partial charge < -0.3 is 20.7 Å². The lowest BCUT2D eigenvalue weighted by atomic mass is 9.92. The molecule has 50 heavy (non-hydrogen) atoms. The SMILES string of the molecule is Cc1ccc(-n2nc(C(C)(C)C)cc2NC(=O)Nc2ccc(Oc3ccnc(NC(=O)CNC(=O)c4ccncc4)c3)c3ccccc23)cc1. The van der Waals surface area contributed by atoms with Crippen LogP contribution in [0.4, 0.5) is 22.1 Å². The van der Waals surface area contributed by atoms with Crippen LogP contribution in [-0.2, 0) is 10.2 Å². The number of nitrogens with zero attached hydrogens (tertiary/aromatic N) is 4. The second kappa shape index (κ2) is 14.3. The van der Waals surface area contributed by atoms with Gasteiger partial charge in [-0.2, -0.15) is 5.10 Å². The highest BCUT2D eigenvalue weighted by Crippen LogP contribution is 2.35. The lowest BCUT2D eigenvalue weighted by Crippen LogP contribution is -2.33. The summed E-state index contributed by atoms with van der Waals surface area (Å²) in [5.74, 6) is 0.915. The molecule has 0 saturated carbocycles. The zero-order valence-corrected chi connectivity index (χ0v) is 28.0. The van der Waals surface area contributed by atoms with E-state index in [0.717, 1.165) is 27.7 Å². The summed E-state index contributed by atoms with van der Waals surface area (Å²) in [5, 5.41) is 17.5. The van der Waals surface area contributed by atoms with E-state index in [1.807, 2.05) is 61.5 Å². The normalized spacial score (nSPS) is 11.1. The highest BCUT2D eigenvalue weighted by molar-refractivity contribution is 6.07. The number of urea groups is 1. The van der Waals surface area contributed by atoms with E-state index in [1.165, 1.54) is 18.6 Å². The van der Waals surface area contributed by atoms with E-state index >= 15 is 0 Å². The Morgan fingerprint density at radius 3 is 2.28 bits per heavy atom. The van der Waals surface area contributed by atoms with Crippen molar-refractivity contribution in [3.63, 3.8) is 0 Å². The van der Waals surface area contributed by atoms with Crippen molar-refractivity contribution in [1.29, 1.82) is 0 Å². The Hall–Kier alpha value is -6.56. The Morgan fingerprint density at radius 2 is 1.54 bits per heavy atom. The maximum atomic E-state index is 13.4. The van der Waals surface area contributed by atoms with Gasteiger partial charge in [0.1, 0.15) is 23.1 Å². The lowest BCUT2D eigenvalue weighted by molar-refractivity contribution is -0.115. The molecule has 4 amide bonds. The predicted octanol–water partition coefficient (Wildman–Crippen LogP) is 7.23. The number of fused-ring (bicyclic) bond motifs is 1. The molecule has 252 valence electrons. The molecule has 3 heterocycles. The van der Waals surface area contributed by atoms with Crippen molar-refractivity contribution in [3.05, 3.63) is 126 Å². The predicted molar refractivity (Wildman–Crippen MR) is 193 cm³/mol. The van der Waals surface area contributed by atoms with Crippen molar-refractivity contribution in [1.82, 2.24) is 25.1 Å². The molecule has 4 N–H and O–H groups in total. The molecule has 0 aliphatic rings. The molecule has 0 atom stereocenters. The summed E-state index contributed by atoms with van der Waals surface area (Å²) in [7, 11) is 0. The lowest BCUT2D eigenvalue weighted by Gasteiger charge is -2.15. The third kappa shape index (κ3) is 7.93. The number of ether oxygens (including phenoxy) is 1. The van der Waals surface area contributed by atoms with Crippen LogP contribution in [0.25, 0.3) is 16.5 Å². The van der Waals surface area contributed by atoms with Gasteiger partial charge in [-0.1, -0.05) is 62.7 Å². The number of benzene rings is 3. The minimum Gasteiger partial charge on any atom is -0.457 e. The van der Waals surface area contributed by atoms with Crippen molar-refractivity contribution < 1.29 is 19.1 Å². The molecule has 3 aromatic carbocycles. The number of hydrogen-bond donors (Lipinski definition) is 4. The molecule has 0 unspecified atom stereocenters. The van der Waals surface area contributed by atoms with Crippen LogP contribution < -0.4 is 26.0 Å². The van der Waals surface area contributed by atoms with Crippen molar-refractivity contribution in [2.75, 3.05) is 22.5 Å². The number of carbonyl (C=O) groups excluding carboxylic acids is 3. The highest BCUT2D eigenvalue weighted by Gasteiger charge is 2.22. The Bertz CT molecular complexity index is 2170. The number of aromatic nitrogens is 4. The van der Waals surface area contributed by atoms with E-state index in [9.17, 15) is 14.4 Å². The van der Waals surface area contributed by atoms with Crippen molar-refractivity contribution >= 4 is 45.9 Å². The van der Waals surface area contributed by atoms with Gasteiger partial charge in [-0.3, -0.25) is 19.9 Å². The number of rotatable bonds is 9. The van der Waals surface area contributed by atoms with Crippen LogP contribution >= 0.6 is 0 Å². The molecule has 0 spiro atoms. The molecule has 0 bridgehead atoms. The number of carbonyl (C=O) groups is 3. The number of aryl methyl sites for hydroxylation is 1. The summed E-state index contributed by atoms with van der Waals surface area (Å²) in [6, 6.07) is 26.8. The molecule has 0 fully saturated rings.